The number of anilines is 1. The number of nitrogens with one attached hydrogen (secondary N) is 1. The van der Waals surface area contributed by atoms with Crippen LogP contribution in [0.5, 0.6) is 0 Å². The van der Waals surface area contributed by atoms with Gasteiger partial charge in [-0.3, -0.25) is 14.8 Å². The lowest BCUT2D eigenvalue weighted by molar-refractivity contribution is -0.383. The lowest BCUT2D eigenvalue weighted by atomic mass is 10.1. The first-order valence-electron chi connectivity index (χ1n) is 6.30. The number of sulfonamides is 1. The van der Waals surface area contributed by atoms with Crippen LogP contribution in [0.2, 0.25) is 0 Å². The Morgan fingerprint density at radius 2 is 1.59 bits per heavy atom. The third kappa shape index (κ3) is 3.64. The molecule has 2 aromatic rings. The predicted molar refractivity (Wildman–Crippen MR) is 73.5 cm³/mol. The van der Waals surface area contributed by atoms with Crippen LogP contribution in [0.3, 0.4) is 0 Å². The van der Waals surface area contributed by atoms with Crippen LogP contribution in [0.15, 0.2) is 6.20 Å². The van der Waals surface area contributed by atoms with E-state index in [1.807, 2.05) is 0 Å². The zero-order valence-electron chi connectivity index (χ0n) is 12.6. The Bertz CT molecular complexity index is 1020. The summed E-state index contributed by atoms with van der Waals surface area (Å²) in [5.41, 5.74) is -6.00. The number of aromatic nitrogens is 2. The van der Waals surface area contributed by atoms with Gasteiger partial charge in [0.05, 0.1) is 11.2 Å². The molecule has 0 spiro atoms. The Balaban J connectivity index is 2.90. The lowest BCUT2D eigenvalue weighted by Crippen LogP contribution is -2.20. The Labute approximate surface area is 144 Å². The smallest absolute Gasteiger partial charge is 0.262 e. The summed E-state index contributed by atoms with van der Waals surface area (Å²) in [6.45, 7) is 0. The number of alkyl halides is 3. The minimum absolute atomic E-state index is 0.264. The van der Waals surface area contributed by atoms with Crippen LogP contribution in [0.4, 0.5) is 42.2 Å². The fraction of sp³-hybridized carbons (Fsp3) is 0.182. The molecule has 0 aliphatic heterocycles. The SMILES string of the molecule is CS(=O)(=O)Nc1c([N+](=O)[O-])cnn1-c1c(F)c(F)c(C(F)(F)F)c(F)c1F. The molecule has 0 aliphatic rings. The minimum atomic E-state index is -5.81. The van der Waals surface area contributed by atoms with Crippen LogP contribution in [-0.4, -0.2) is 29.4 Å². The van der Waals surface area contributed by atoms with Crippen molar-refractivity contribution in [2.24, 2.45) is 0 Å². The molecule has 0 amide bonds. The average Bonchev–Trinajstić information content (AvgIpc) is 2.86. The standard InChI is InChI=1S/C11H5F7N4O4S/c1-27(25,26)20-10-3(22(23)24)2-19-21(10)9-7(14)5(12)4(11(16,17)18)6(13)8(9)15/h2,20H,1H3. The molecule has 0 atom stereocenters. The first-order valence-corrected chi connectivity index (χ1v) is 8.19. The van der Waals surface area contributed by atoms with Crippen molar-refractivity contribution < 1.29 is 44.1 Å². The van der Waals surface area contributed by atoms with Gasteiger partial charge in [-0.25, -0.2) is 30.7 Å². The van der Waals surface area contributed by atoms with Crippen molar-refractivity contribution in [2.45, 2.75) is 6.18 Å². The number of rotatable bonds is 4. The number of nitrogens with zero attached hydrogens (tertiary/aromatic N) is 3. The largest absolute Gasteiger partial charge is 0.422 e. The molecular formula is C11H5F7N4O4S. The van der Waals surface area contributed by atoms with Crippen LogP contribution in [-0.2, 0) is 16.2 Å². The van der Waals surface area contributed by atoms with Crippen LogP contribution in [0.25, 0.3) is 5.69 Å². The second-order valence-corrected chi connectivity index (χ2v) is 6.65. The van der Waals surface area contributed by atoms with Gasteiger partial charge in [0.25, 0.3) is 0 Å². The van der Waals surface area contributed by atoms with E-state index < -0.39 is 67.1 Å². The number of nitro groups is 1. The van der Waals surface area contributed by atoms with E-state index in [1.54, 1.807) is 0 Å². The highest BCUT2D eigenvalue weighted by molar-refractivity contribution is 7.92. The van der Waals surface area contributed by atoms with Gasteiger partial charge in [0.1, 0.15) is 17.4 Å². The highest BCUT2D eigenvalue weighted by atomic mass is 32.2. The number of benzene rings is 1. The van der Waals surface area contributed by atoms with E-state index in [-0.39, 0.29) is 10.9 Å². The minimum Gasteiger partial charge on any atom is -0.262 e. The van der Waals surface area contributed by atoms with Crippen molar-refractivity contribution in [3.8, 4) is 5.69 Å². The van der Waals surface area contributed by atoms with Crippen molar-refractivity contribution in [1.29, 1.82) is 0 Å². The quantitative estimate of drug-likeness (QED) is 0.353. The summed E-state index contributed by atoms with van der Waals surface area (Å²) in [6, 6.07) is 0. The molecule has 0 saturated carbocycles. The fourth-order valence-electron chi connectivity index (χ4n) is 1.97. The summed E-state index contributed by atoms with van der Waals surface area (Å²) in [5, 5.41) is 13.9. The van der Waals surface area contributed by atoms with Crippen molar-refractivity contribution >= 4 is 21.5 Å². The molecular weight excluding hydrogens is 417 g/mol. The van der Waals surface area contributed by atoms with Crippen molar-refractivity contribution in [3.63, 3.8) is 0 Å². The summed E-state index contributed by atoms with van der Waals surface area (Å²) in [4.78, 5) is 9.61. The second-order valence-electron chi connectivity index (χ2n) is 4.90. The Morgan fingerprint density at radius 1 is 1.11 bits per heavy atom. The molecule has 8 nitrogen and oxygen atoms in total. The molecule has 0 fully saturated rings. The van der Waals surface area contributed by atoms with Crippen molar-refractivity contribution in [1.82, 2.24) is 9.78 Å². The zero-order chi connectivity index (χ0) is 20.9. The van der Waals surface area contributed by atoms with Gasteiger partial charge in [-0.1, -0.05) is 0 Å². The van der Waals surface area contributed by atoms with Crippen LogP contribution < -0.4 is 4.72 Å². The van der Waals surface area contributed by atoms with Crippen molar-refractivity contribution in [2.75, 3.05) is 11.0 Å². The van der Waals surface area contributed by atoms with Gasteiger partial charge in [-0.15, -0.1) is 0 Å². The molecule has 1 N–H and O–H groups in total. The third-order valence-electron chi connectivity index (χ3n) is 2.96. The molecule has 0 radical (unpaired) electrons. The number of hydrogen-bond donors (Lipinski definition) is 1. The first kappa shape index (κ1) is 20.4. The Hall–Kier alpha value is -2.91. The number of hydrogen-bond acceptors (Lipinski definition) is 5. The molecule has 2 rings (SSSR count). The maximum Gasteiger partial charge on any atom is 0.422 e. The molecule has 0 saturated heterocycles. The number of halogens is 7. The normalized spacial score (nSPS) is 12.3. The molecule has 16 heteroatoms. The topological polar surface area (TPSA) is 107 Å². The molecule has 148 valence electrons. The molecule has 1 aromatic heterocycles. The molecule has 0 unspecified atom stereocenters. The van der Waals surface area contributed by atoms with E-state index in [4.69, 9.17) is 0 Å². The monoisotopic (exact) mass is 422 g/mol. The van der Waals surface area contributed by atoms with Crippen LogP contribution >= 0.6 is 0 Å². The van der Waals surface area contributed by atoms with E-state index in [1.165, 1.54) is 4.72 Å². The summed E-state index contributed by atoms with van der Waals surface area (Å²) in [5.74, 6) is -12.2. The van der Waals surface area contributed by atoms with Gasteiger partial charge in [0.2, 0.25) is 15.8 Å². The van der Waals surface area contributed by atoms with E-state index >= 15 is 0 Å². The molecule has 27 heavy (non-hydrogen) atoms. The van der Waals surface area contributed by atoms with Crippen LogP contribution in [0, 0.1) is 33.4 Å². The summed E-state index contributed by atoms with van der Waals surface area (Å²) in [7, 11) is -4.34. The Kier molecular flexibility index (Phi) is 4.81. The van der Waals surface area contributed by atoms with Crippen LogP contribution in [0.1, 0.15) is 5.56 Å². The van der Waals surface area contributed by atoms with Gasteiger partial charge in [-0.2, -0.15) is 18.3 Å². The van der Waals surface area contributed by atoms with E-state index in [9.17, 15) is 49.3 Å². The fourth-order valence-corrected chi connectivity index (χ4v) is 2.51. The summed E-state index contributed by atoms with van der Waals surface area (Å²) in [6.07, 6.45) is -5.08. The first-order chi connectivity index (χ1) is 12.2. The van der Waals surface area contributed by atoms with E-state index in [0.29, 0.717) is 6.26 Å². The zero-order valence-corrected chi connectivity index (χ0v) is 13.4. The van der Waals surface area contributed by atoms with Gasteiger partial charge in [-0.05, 0) is 0 Å². The molecule has 1 heterocycles. The molecule has 0 aliphatic carbocycles. The predicted octanol–water partition coefficient (Wildman–Crippen LogP) is 2.73. The summed E-state index contributed by atoms with van der Waals surface area (Å²) >= 11 is 0. The maximum absolute atomic E-state index is 14.1. The van der Waals surface area contributed by atoms with Gasteiger partial charge in [0.15, 0.2) is 23.3 Å². The Morgan fingerprint density at radius 3 is 1.96 bits per heavy atom. The van der Waals surface area contributed by atoms with Gasteiger partial charge < -0.3 is 0 Å². The maximum atomic E-state index is 14.1. The van der Waals surface area contributed by atoms with E-state index in [0.717, 1.165) is 0 Å². The molecule has 1 aromatic carbocycles. The second kappa shape index (κ2) is 6.36. The lowest BCUT2D eigenvalue weighted by Gasteiger charge is -2.15. The summed E-state index contributed by atoms with van der Waals surface area (Å²) < 4.78 is 117. The molecule has 0 bridgehead atoms. The van der Waals surface area contributed by atoms with Gasteiger partial charge >= 0.3 is 11.9 Å². The highest BCUT2D eigenvalue weighted by Crippen LogP contribution is 2.39. The highest BCUT2D eigenvalue weighted by Gasteiger charge is 2.43. The van der Waals surface area contributed by atoms with E-state index in [2.05, 4.69) is 5.10 Å². The third-order valence-corrected chi connectivity index (χ3v) is 3.53. The van der Waals surface area contributed by atoms with Gasteiger partial charge in [0, 0.05) is 0 Å². The van der Waals surface area contributed by atoms with Crippen molar-refractivity contribution in [3.05, 3.63) is 45.1 Å². The average molecular weight is 422 g/mol.